The van der Waals surface area contributed by atoms with Crippen LogP contribution in [0, 0.1) is 0 Å². The Morgan fingerprint density at radius 3 is 1.95 bits per heavy atom. The molecule has 0 rings (SSSR count). The summed E-state index contributed by atoms with van der Waals surface area (Å²) in [6, 6.07) is 0. The van der Waals surface area contributed by atoms with Crippen molar-refractivity contribution in [3.8, 4) is 0 Å². The molecule has 5 heteroatoms. The van der Waals surface area contributed by atoms with Gasteiger partial charge in [-0.05, 0) is 19.9 Å². The van der Waals surface area contributed by atoms with E-state index in [9.17, 15) is 9.90 Å². The van der Waals surface area contributed by atoms with Crippen LogP contribution in [0.1, 0.15) is 78.1 Å². The van der Waals surface area contributed by atoms with E-state index >= 15 is 0 Å². The van der Waals surface area contributed by atoms with Gasteiger partial charge in [-0.25, -0.2) is 0 Å². The van der Waals surface area contributed by atoms with Crippen LogP contribution in [0.15, 0.2) is 0 Å². The van der Waals surface area contributed by atoms with Gasteiger partial charge in [-0.15, -0.1) is 0 Å². The third-order valence-corrected chi connectivity index (χ3v) is 3.69. The van der Waals surface area contributed by atoms with Gasteiger partial charge in [0, 0.05) is 6.54 Å². The second-order valence-electron chi connectivity index (χ2n) is 5.76. The summed E-state index contributed by atoms with van der Waals surface area (Å²) < 4.78 is 5.08. The van der Waals surface area contributed by atoms with E-state index in [1.54, 1.807) is 0 Å². The van der Waals surface area contributed by atoms with Crippen LogP contribution < -0.4 is 40.0 Å². The molecule has 0 spiro atoms. The molecule has 0 saturated carbocycles. The predicted octanol–water partition coefficient (Wildman–Crippen LogP) is -0.344. The molecular formula is C17H34NNaO3. The van der Waals surface area contributed by atoms with Gasteiger partial charge in [-0.3, -0.25) is 0 Å². The first kappa shape index (κ1) is 24.6. The molecule has 0 fully saturated rings. The second-order valence-corrected chi connectivity index (χ2v) is 5.76. The summed E-state index contributed by atoms with van der Waals surface area (Å²) in [5.41, 5.74) is 0. The fourth-order valence-corrected chi connectivity index (χ4v) is 2.24. The molecular weight excluding hydrogens is 289 g/mol. The fourth-order valence-electron chi connectivity index (χ4n) is 2.24. The Balaban J connectivity index is 0. The fraction of sp³-hybridized carbons (Fsp3) is 0.941. The molecule has 126 valence electrons. The standard InChI is InChI=1S/C17H35NO3.Na/c1-3-4-5-6-7-8-9-10-11-12-13-18-14-15-21-16(2)17(19)20;/h16,18H,3-15H2,1-2H3,(H,19,20);/q;+1/p-1. The third kappa shape index (κ3) is 18.4. The van der Waals surface area contributed by atoms with Gasteiger partial charge in [-0.2, -0.15) is 0 Å². The van der Waals surface area contributed by atoms with Gasteiger partial charge in [0.2, 0.25) is 0 Å². The predicted molar refractivity (Wildman–Crippen MR) is 85.1 cm³/mol. The van der Waals surface area contributed by atoms with Crippen LogP contribution in [0.25, 0.3) is 0 Å². The number of carboxylic acid groups (broad SMARTS) is 1. The number of carboxylic acids is 1. The van der Waals surface area contributed by atoms with Crippen molar-refractivity contribution in [3.05, 3.63) is 0 Å². The van der Waals surface area contributed by atoms with Gasteiger partial charge in [0.05, 0.1) is 18.7 Å². The van der Waals surface area contributed by atoms with Crippen LogP contribution in [0.2, 0.25) is 0 Å². The molecule has 0 aliphatic carbocycles. The minimum Gasteiger partial charge on any atom is -0.547 e. The Morgan fingerprint density at radius 2 is 1.45 bits per heavy atom. The van der Waals surface area contributed by atoms with Gasteiger partial charge in [0.1, 0.15) is 0 Å². The zero-order valence-corrected chi connectivity index (χ0v) is 17.0. The summed E-state index contributed by atoms with van der Waals surface area (Å²) in [6.07, 6.45) is 12.6. The molecule has 1 atom stereocenters. The molecule has 0 aromatic rings. The molecule has 0 bridgehead atoms. The van der Waals surface area contributed by atoms with E-state index in [1.807, 2.05) is 0 Å². The number of rotatable bonds is 16. The van der Waals surface area contributed by atoms with Crippen molar-refractivity contribution in [2.45, 2.75) is 84.2 Å². The molecule has 0 aliphatic heterocycles. The Kier molecular flexibility index (Phi) is 21.8. The summed E-state index contributed by atoms with van der Waals surface area (Å²) >= 11 is 0. The van der Waals surface area contributed by atoms with E-state index < -0.39 is 12.1 Å². The molecule has 0 heterocycles. The number of ether oxygens (including phenoxy) is 1. The van der Waals surface area contributed by atoms with Crippen LogP contribution in [-0.2, 0) is 9.53 Å². The molecule has 4 nitrogen and oxygen atoms in total. The normalized spacial score (nSPS) is 11.9. The Hall–Kier alpha value is 0.390. The molecule has 0 aromatic carbocycles. The van der Waals surface area contributed by atoms with Crippen molar-refractivity contribution in [3.63, 3.8) is 0 Å². The topological polar surface area (TPSA) is 61.4 Å². The summed E-state index contributed by atoms with van der Waals surface area (Å²) in [4.78, 5) is 10.4. The average molecular weight is 323 g/mol. The summed E-state index contributed by atoms with van der Waals surface area (Å²) in [6.45, 7) is 5.86. The number of carbonyl (C=O) groups is 1. The van der Waals surface area contributed by atoms with Crippen LogP contribution in [-0.4, -0.2) is 31.8 Å². The Morgan fingerprint density at radius 1 is 0.955 bits per heavy atom. The monoisotopic (exact) mass is 323 g/mol. The molecule has 0 saturated heterocycles. The number of carbonyl (C=O) groups excluding carboxylic acids is 1. The smallest absolute Gasteiger partial charge is 0.547 e. The molecule has 0 radical (unpaired) electrons. The van der Waals surface area contributed by atoms with E-state index in [4.69, 9.17) is 4.74 Å². The minimum absolute atomic E-state index is 0. The van der Waals surface area contributed by atoms with E-state index in [0.29, 0.717) is 13.2 Å². The average Bonchev–Trinajstić information content (AvgIpc) is 2.47. The van der Waals surface area contributed by atoms with Crippen LogP contribution >= 0.6 is 0 Å². The van der Waals surface area contributed by atoms with Crippen molar-refractivity contribution >= 4 is 5.97 Å². The maximum absolute atomic E-state index is 10.4. The Labute approximate surface area is 159 Å². The largest absolute Gasteiger partial charge is 1.00 e. The van der Waals surface area contributed by atoms with E-state index in [0.717, 1.165) is 6.54 Å². The molecule has 1 N–H and O–H groups in total. The van der Waals surface area contributed by atoms with Gasteiger partial charge in [0.15, 0.2) is 0 Å². The Bertz CT molecular complexity index is 240. The summed E-state index contributed by atoms with van der Waals surface area (Å²) in [7, 11) is 0. The summed E-state index contributed by atoms with van der Waals surface area (Å²) in [5.74, 6) is -1.15. The number of hydrogen-bond acceptors (Lipinski definition) is 4. The molecule has 1 unspecified atom stereocenters. The molecule has 0 aliphatic rings. The number of aliphatic carboxylic acids is 1. The maximum Gasteiger partial charge on any atom is 1.00 e. The van der Waals surface area contributed by atoms with Gasteiger partial charge in [-0.1, -0.05) is 64.7 Å². The summed E-state index contributed by atoms with van der Waals surface area (Å²) in [5, 5.41) is 13.7. The van der Waals surface area contributed by atoms with Crippen molar-refractivity contribution < 1.29 is 44.2 Å². The van der Waals surface area contributed by atoms with Crippen molar-refractivity contribution in [2.24, 2.45) is 0 Å². The first-order valence-corrected chi connectivity index (χ1v) is 8.71. The van der Waals surface area contributed by atoms with E-state index in [1.165, 1.54) is 71.1 Å². The van der Waals surface area contributed by atoms with Crippen molar-refractivity contribution in [2.75, 3.05) is 19.7 Å². The quantitative estimate of drug-likeness (QED) is 0.312. The SMILES string of the molecule is CCCCCCCCCCCCNCCOC(C)C(=O)[O-].[Na+]. The molecule has 0 aromatic heterocycles. The van der Waals surface area contributed by atoms with Gasteiger partial charge >= 0.3 is 29.6 Å². The van der Waals surface area contributed by atoms with Gasteiger partial charge in [0.25, 0.3) is 0 Å². The van der Waals surface area contributed by atoms with E-state index in [-0.39, 0.29) is 29.6 Å². The first-order valence-electron chi connectivity index (χ1n) is 8.71. The zero-order chi connectivity index (χ0) is 15.8. The van der Waals surface area contributed by atoms with Gasteiger partial charge < -0.3 is 20.0 Å². The van der Waals surface area contributed by atoms with Crippen molar-refractivity contribution in [1.29, 1.82) is 0 Å². The van der Waals surface area contributed by atoms with Crippen LogP contribution in [0.5, 0.6) is 0 Å². The number of hydrogen-bond donors (Lipinski definition) is 1. The van der Waals surface area contributed by atoms with Crippen LogP contribution in [0.4, 0.5) is 0 Å². The third-order valence-electron chi connectivity index (χ3n) is 3.69. The number of unbranched alkanes of at least 4 members (excludes halogenated alkanes) is 9. The molecule has 0 amide bonds. The number of nitrogens with one attached hydrogen (secondary N) is 1. The molecule has 22 heavy (non-hydrogen) atoms. The van der Waals surface area contributed by atoms with E-state index in [2.05, 4.69) is 12.2 Å². The van der Waals surface area contributed by atoms with Crippen molar-refractivity contribution in [1.82, 2.24) is 5.32 Å². The first-order chi connectivity index (χ1) is 10.2. The van der Waals surface area contributed by atoms with Crippen LogP contribution in [0.3, 0.4) is 0 Å². The zero-order valence-electron chi connectivity index (χ0n) is 15.0. The second kappa shape index (κ2) is 19.4. The minimum atomic E-state index is -1.15. The maximum atomic E-state index is 10.4.